The lowest BCUT2D eigenvalue weighted by Crippen LogP contribution is -2.16. The lowest BCUT2D eigenvalue weighted by atomic mass is 10.0. The molecule has 24 heavy (non-hydrogen) atoms. The molecule has 1 aromatic carbocycles. The quantitative estimate of drug-likeness (QED) is 0.838. The molecule has 6 heteroatoms. The Morgan fingerprint density at radius 2 is 2.00 bits per heavy atom. The molecule has 122 valence electrons. The fourth-order valence-corrected chi connectivity index (χ4v) is 2.75. The molecule has 5 nitrogen and oxygen atoms in total. The Kier molecular flexibility index (Phi) is 4.31. The smallest absolute Gasteiger partial charge is 0.262 e. The molecule has 0 radical (unpaired) electrons. The summed E-state index contributed by atoms with van der Waals surface area (Å²) in [7, 11) is 0. The van der Waals surface area contributed by atoms with Crippen LogP contribution in [0.4, 0.5) is 0 Å². The number of allylic oxidation sites excluding steroid dienone is 2. The fraction of sp³-hybridized carbons (Fsp3) is 0.167. The van der Waals surface area contributed by atoms with Gasteiger partial charge in [0, 0.05) is 6.21 Å². The summed E-state index contributed by atoms with van der Waals surface area (Å²) in [5.74, 6) is 0.201. The van der Waals surface area contributed by atoms with Crippen molar-refractivity contribution < 1.29 is 5.11 Å². The third-order valence-electron chi connectivity index (χ3n) is 3.81. The molecule has 2 heterocycles. The highest BCUT2D eigenvalue weighted by Crippen LogP contribution is 2.24. The Bertz CT molecular complexity index is 963. The van der Waals surface area contributed by atoms with E-state index in [1.54, 1.807) is 18.4 Å². The molecular weight excluding hydrogens is 322 g/mol. The molecular formula is C18H17N3O2S. The third-order valence-corrected chi connectivity index (χ3v) is 4.09. The topological polar surface area (TPSA) is 70.4 Å². The van der Waals surface area contributed by atoms with Crippen molar-refractivity contribution in [3.05, 3.63) is 68.4 Å². The van der Waals surface area contributed by atoms with Gasteiger partial charge in [-0.2, -0.15) is 0 Å². The number of benzene rings is 1. The van der Waals surface area contributed by atoms with Crippen molar-refractivity contribution in [1.82, 2.24) is 9.55 Å². The van der Waals surface area contributed by atoms with Gasteiger partial charge in [-0.1, -0.05) is 26.0 Å². The van der Waals surface area contributed by atoms with Crippen LogP contribution in [-0.2, 0) is 0 Å². The summed E-state index contributed by atoms with van der Waals surface area (Å²) < 4.78 is 1.58. The molecule has 0 atom stereocenters. The van der Waals surface area contributed by atoms with Crippen LogP contribution in [0.1, 0.15) is 30.9 Å². The van der Waals surface area contributed by atoms with Crippen LogP contribution in [0.15, 0.2) is 51.9 Å². The number of hydrogen-bond donors (Lipinski definition) is 2. The van der Waals surface area contributed by atoms with Gasteiger partial charge in [0.2, 0.25) is 5.88 Å². The molecule has 0 bridgehead atoms. The van der Waals surface area contributed by atoms with E-state index in [1.165, 1.54) is 16.2 Å². The molecule has 0 fully saturated rings. The second kappa shape index (κ2) is 6.41. The highest BCUT2D eigenvalue weighted by molar-refractivity contribution is 7.71. The van der Waals surface area contributed by atoms with E-state index in [0.29, 0.717) is 17.3 Å². The van der Waals surface area contributed by atoms with Crippen molar-refractivity contribution in [2.75, 3.05) is 0 Å². The van der Waals surface area contributed by atoms with Crippen molar-refractivity contribution in [3.8, 4) is 11.6 Å². The minimum absolute atomic E-state index is 0.121. The zero-order valence-electron chi connectivity index (χ0n) is 13.4. The van der Waals surface area contributed by atoms with Crippen molar-refractivity contribution in [3.63, 3.8) is 0 Å². The first-order chi connectivity index (χ1) is 11.5. The molecule has 0 unspecified atom stereocenters. The maximum absolute atomic E-state index is 12.2. The zero-order chi connectivity index (χ0) is 17.3. The lowest BCUT2D eigenvalue weighted by Gasteiger charge is -2.13. The molecule has 1 aliphatic heterocycles. The molecule has 1 aromatic heterocycles. The van der Waals surface area contributed by atoms with Crippen LogP contribution < -0.4 is 5.56 Å². The Labute approximate surface area is 144 Å². The molecule has 3 rings (SSSR count). The number of H-pyrrole nitrogens is 1. The first kappa shape index (κ1) is 16.1. The van der Waals surface area contributed by atoms with Gasteiger partial charge >= 0.3 is 0 Å². The lowest BCUT2D eigenvalue weighted by molar-refractivity contribution is 0.432. The highest BCUT2D eigenvalue weighted by atomic mass is 32.1. The minimum Gasteiger partial charge on any atom is -0.494 e. The predicted molar refractivity (Wildman–Crippen MR) is 98.6 cm³/mol. The predicted octanol–water partition coefficient (Wildman–Crippen LogP) is 3.71. The van der Waals surface area contributed by atoms with E-state index < -0.39 is 5.56 Å². The van der Waals surface area contributed by atoms with E-state index in [9.17, 15) is 9.90 Å². The second-order valence-electron chi connectivity index (χ2n) is 5.78. The van der Waals surface area contributed by atoms with Gasteiger partial charge in [-0.25, -0.2) is 0 Å². The SMILES string of the molecule is CC(C)c1ccc(-n2c(O)c(C=C3C=CC=N3)c(=O)[nH]c2=S)cc1. The number of aliphatic imine (C=N–C) groups is 1. The maximum atomic E-state index is 12.2. The number of aromatic nitrogens is 2. The fourth-order valence-electron chi connectivity index (χ4n) is 2.46. The summed E-state index contributed by atoms with van der Waals surface area (Å²) in [6.07, 6.45) is 6.67. The summed E-state index contributed by atoms with van der Waals surface area (Å²) >= 11 is 5.22. The van der Waals surface area contributed by atoms with E-state index in [4.69, 9.17) is 12.2 Å². The first-order valence-corrected chi connectivity index (χ1v) is 7.99. The average Bonchev–Trinajstić information content (AvgIpc) is 3.05. The maximum Gasteiger partial charge on any atom is 0.262 e. The van der Waals surface area contributed by atoms with Crippen molar-refractivity contribution in [2.24, 2.45) is 4.99 Å². The van der Waals surface area contributed by atoms with E-state index in [1.807, 2.05) is 24.3 Å². The summed E-state index contributed by atoms with van der Waals surface area (Å²) in [4.78, 5) is 18.9. The van der Waals surface area contributed by atoms with Gasteiger partial charge in [0.15, 0.2) is 4.77 Å². The van der Waals surface area contributed by atoms with Crippen LogP contribution in [0.25, 0.3) is 11.8 Å². The van der Waals surface area contributed by atoms with Gasteiger partial charge in [-0.05, 0) is 54.1 Å². The number of rotatable bonds is 3. The van der Waals surface area contributed by atoms with E-state index in [-0.39, 0.29) is 16.2 Å². The second-order valence-corrected chi connectivity index (χ2v) is 6.17. The van der Waals surface area contributed by atoms with Crippen LogP contribution in [-0.4, -0.2) is 20.9 Å². The number of hydrogen-bond acceptors (Lipinski definition) is 4. The number of nitrogens with zero attached hydrogens (tertiary/aromatic N) is 2. The number of aromatic hydroxyl groups is 1. The Morgan fingerprint density at radius 1 is 1.29 bits per heavy atom. The average molecular weight is 339 g/mol. The standard InChI is InChI=1S/C18H17N3O2S/c1-11(2)12-5-7-14(8-6-12)21-17(23)15(16(22)20-18(21)24)10-13-4-3-9-19-13/h3-11,23H,1-2H3,(H,20,22,24). The third kappa shape index (κ3) is 3.00. The minimum atomic E-state index is -0.449. The molecule has 1 aliphatic rings. The van der Waals surface area contributed by atoms with Gasteiger partial charge in [0.05, 0.1) is 11.4 Å². The van der Waals surface area contributed by atoms with Crippen LogP contribution in [0, 0.1) is 4.77 Å². The van der Waals surface area contributed by atoms with E-state index in [0.717, 1.165) is 0 Å². The normalized spacial score (nSPS) is 14.9. The van der Waals surface area contributed by atoms with Crippen LogP contribution in [0.2, 0.25) is 0 Å². The molecule has 2 aromatic rings. The Balaban J connectivity index is 2.16. The van der Waals surface area contributed by atoms with Crippen LogP contribution in [0.5, 0.6) is 5.88 Å². The summed E-state index contributed by atoms with van der Waals surface area (Å²) in [5.41, 5.74) is 2.13. The largest absolute Gasteiger partial charge is 0.494 e. The Hall–Kier alpha value is -2.73. The van der Waals surface area contributed by atoms with Gasteiger partial charge in [0.1, 0.15) is 5.56 Å². The number of nitrogens with one attached hydrogen (secondary N) is 1. The van der Waals surface area contributed by atoms with E-state index >= 15 is 0 Å². The van der Waals surface area contributed by atoms with Crippen LogP contribution in [0.3, 0.4) is 0 Å². The highest BCUT2D eigenvalue weighted by Gasteiger charge is 2.13. The summed E-state index contributed by atoms with van der Waals surface area (Å²) in [5, 5.41) is 10.6. The molecule has 0 spiro atoms. The van der Waals surface area contributed by atoms with E-state index in [2.05, 4.69) is 23.8 Å². The molecule has 0 amide bonds. The molecule has 0 saturated carbocycles. The molecule has 0 aliphatic carbocycles. The van der Waals surface area contributed by atoms with Gasteiger partial charge in [-0.15, -0.1) is 0 Å². The Morgan fingerprint density at radius 3 is 2.58 bits per heavy atom. The molecule has 0 saturated heterocycles. The molecule has 2 N–H and O–H groups in total. The van der Waals surface area contributed by atoms with Crippen molar-refractivity contribution in [1.29, 1.82) is 0 Å². The monoisotopic (exact) mass is 339 g/mol. The van der Waals surface area contributed by atoms with Crippen LogP contribution >= 0.6 is 12.2 Å². The van der Waals surface area contributed by atoms with Gasteiger partial charge in [0.25, 0.3) is 5.56 Å². The summed E-state index contributed by atoms with van der Waals surface area (Å²) in [6, 6.07) is 7.70. The van der Waals surface area contributed by atoms with Gasteiger partial charge in [-0.3, -0.25) is 19.3 Å². The first-order valence-electron chi connectivity index (χ1n) is 7.58. The summed E-state index contributed by atoms with van der Waals surface area (Å²) in [6.45, 7) is 4.22. The zero-order valence-corrected chi connectivity index (χ0v) is 14.2. The number of aromatic amines is 1. The van der Waals surface area contributed by atoms with Gasteiger partial charge < -0.3 is 5.11 Å². The van der Waals surface area contributed by atoms with Crippen molar-refractivity contribution in [2.45, 2.75) is 19.8 Å². The van der Waals surface area contributed by atoms with Crippen molar-refractivity contribution >= 4 is 24.5 Å².